The smallest absolute Gasteiger partial charge is 0.0484 e. The summed E-state index contributed by atoms with van der Waals surface area (Å²) in [6, 6.07) is 8.40. The molecule has 16 heavy (non-hydrogen) atoms. The highest BCUT2D eigenvalue weighted by molar-refractivity contribution is 9.10. The predicted octanol–water partition coefficient (Wildman–Crippen LogP) is 4.30. The van der Waals surface area contributed by atoms with Gasteiger partial charge in [0.1, 0.15) is 0 Å². The van der Waals surface area contributed by atoms with Crippen molar-refractivity contribution in [3.8, 4) is 0 Å². The summed E-state index contributed by atoms with van der Waals surface area (Å²) in [4.78, 5) is 0. The van der Waals surface area contributed by atoms with E-state index >= 15 is 0 Å². The van der Waals surface area contributed by atoms with Crippen LogP contribution in [0.4, 0.5) is 5.69 Å². The Morgan fingerprint density at radius 2 is 2.06 bits per heavy atom. The topological polar surface area (TPSA) is 12.0 Å². The molecule has 1 N–H and O–H groups in total. The molecule has 0 amide bonds. The minimum absolute atomic E-state index is 0.922. The number of nitrogens with one attached hydrogen (secondary N) is 1. The molecule has 2 fully saturated rings. The average Bonchev–Trinajstić information content (AvgIpc) is 2.90. The fraction of sp³-hybridized carbons (Fsp3) is 0.571. The summed E-state index contributed by atoms with van der Waals surface area (Å²) in [6.45, 7) is 1.16. The Morgan fingerprint density at radius 1 is 1.19 bits per heavy atom. The van der Waals surface area contributed by atoms with Crippen molar-refractivity contribution < 1.29 is 0 Å². The van der Waals surface area contributed by atoms with Gasteiger partial charge in [-0.05, 0) is 65.1 Å². The summed E-state index contributed by atoms with van der Waals surface area (Å²) in [5.41, 5.74) is 1.24. The summed E-state index contributed by atoms with van der Waals surface area (Å²) in [6.07, 6.45) is 5.94. The zero-order valence-electron chi connectivity index (χ0n) is 9.45. The Bertz CT molecular complexity index is 377. The van der Waals surface area contributed by atoms with Crippen LogP contribution in [-0.2, 0) is 0 Å². The molecule has 2 bridgehead atoms. The summed E-state index contributed by atoms with van der Waals surface area (Å²) in [5, 5.41) is 3.59. The summed E-state index contributed by atoms with van der Waals surface area (Å²) < 4.78 is 1.18. The van der Waals surface area contributed by atoms with Gasteiger partial charge in [-0.1, -0.05) is 18.6 Å². The van der Waals surface area contributed by atoms with Gasteiger partial charge in [-0.25, -0.2) is 0 Å². The fourth-order valence-corrected chi connectivity index (χ4v) is 3.90. The minimum Gasteiger partial charge on any atom is -0.384 e. The third-order valence-electron chi connectivity index (χ3n) is 4.31. The Morgan fingerprint density at radius 3 is 2.75 bits per heavy atom. The molecule has 0 heterocycles. The van der Waals surface area contributed by atoms with E-state index in [0.717, 1.165) is 24.3 Å². The van der Waals surface area contributed by atoms with E-state index in [9.17, 15) is 0 Å². The van der Waals surface area contributed by atoms with Gasteiger partial charge >= 0.3 is 0 Å². The first-order valence-corrected chi connectivity index (χ1v) is 7.10. The van der Waals surface area contributed by atoms with Gasteiger partial charge < -0.3 is 5.32 Å². The van der Waals surface area contributed by atoms with Gasteiger partial charge in [0.15, 0.2) is 0 Å². The van der Waals surface area contributed by atoms with Crippen LogP contribution in [0.25, 0.3) is 0 Å². The molecule has 3 unspecified atom stereocenters. The maximum absolute atomic E-state index is 3.59. The molecular formula is C14H18BrN. The Kier molecular flexibility index (Phi) is 2.93. The highest BCUT2D eigenvalue weighted by atomic mass is 79.9. The van der Waals surface area contributed by atoms with Gasteiger partial charge in [-0.15, -0.1) is 0 Å². The second kappa shape index (κ2) is 4.40. The molecule has 2 heteroatoms. The number of hydrogen-bond acceptors (Lipinski definition) is 1. The highest BCUT2D eigenvalue weighted by Gasteiger charge is 2.38. The van der Waals surface area contributed by atoms with Crippen LogP contribution in [0.1, 0.15) is 25.7 Å². The van der Waals surface area contributed by atoms with Crippen molar-refractivity contribution in [3.63, 3.8) is 0 Å². The van der Waals surface area contributed by atoms with Crippen LogP contribution in [0.15, 0.2) is 28.7 Å². The number of fused-ring (bicyclic) bond motifs is 2. The predicted molar refractivity (Wildman–Crippen MR) is 71.6 cm³/mol. The second-order valence-corrected chi connectivity index (χ2v) is 6.15. The molecule has 1 aromatic carbocycles. The number of benzene rings is 1. The lowest BCUT2D eigenvalue weighted by molar-refractivity contribution is 0.348. The number of anilines is 1. The van der Waals surface area contributed by atoms with E-state index in [-0.39, 0.29) is 0 Å². The lowest BCUT2D eigenvalue weighted by Crippen LogP contribution is -2.20. The number of halogens is 1. The molecule has 0 radical (unpaired) electrons. The van der Waals surface area contributed by atoms with E-state index in [4.69, 9.17) is 0 Å². The SMILES string of the molecule is Brc1ccccc1NCC1CC2CCC1C2. The monoisotopic (exact) mass is 279 g/mol. The standard InChI is InChI=1S/C14H18BrN/c15-13-3-1-2-4-14(13)16-9-12-8-10-5-6-11(12)7-10/h1-4,10-12,16H,5-9H2. The highest BCUT2D eigenvalue weighted by Crippen LogP contribution is 2.48. The zero-order valence-corrected chi connectivity index (χ0v) is 11.0. The summed E-state index contributed by atoms with van der Waals surface area (Å²) in [5.74, 6) is 2.99. The number of para-hydroxylation sites is 1. The van der Waals surface area contributed by atoms with E-state index in [2.05, 4.69) is 45.5 Å². The first kappa shape index (κ1) is 10.6. The molecule has 3 atom stereocenters. The molecule has 1 nitrogen and oxygen atoms in total. The minimum atomic E-state index is 0.922. The Balaban J connectivity index is 1.59. The molecule has 0 aliphatic heterocycles. The maximum Gasteiger partial charge on any atom is 0.0484 e. The van der Waals surface area contributed by atoms with Crippen molar-refractivity contribution in [3.05, 3.63) is 28.7 Å². The molecule has 86 valence electrons. The van der Waals surface area contributed by atoms with Crippen LogP contribution in [0.3, 0.4) is 0 Å². The lowest BCUT2D eigenvalue weighted by atomic mass is 9.89. The summed E-state index contributed by atoms with van der Waals surface area (Å²) in [7, 11) is 0. The van der Waals surface area contributed by atoms with Gasteiger partial charge in [0.25, 0.3) is 0 Å². The van der Waals surface area contributed by atoms with Crippen LogP contribution >= 0.6 is 15.9 Å². The van der Waals surface area contributed by atoms with E-state index < -0.39 is 0 Å². The van der Waals surface area contributed by atoms with Gasteiger partial charge in [0.2, 0.25) is 0 Å². The van der Waals surface area contributed by atoms with Gasteiger partial charge in [-0.2, -0.15) is 0 Å². The van der Waals surface area contributed by atoms with Crippen LogP contribution < -0.4 is 5.32 Å². The molecule has 0 spiro atoms. The average molecular weight is 280 g/mol. The number of rotatable bonds is 3. The van der Waals surface area contributed by atoms with Gasteiger partial charge in [0.05, 0.1) is 0 Å². The maximum atomic E-state index is 3.59. The first-order chi connectivity index (χ1) is 7.83. The van der Waals surface area contributed by atoms with E-state index in [1.807, 2.05) is 0 Å². The van der Waals surface area contributed by atoms with Crippen LogP contribution in [0.2, 0.25) is 0 Å². The summed E-state index contributed by atoms with van der Waals surface area (Å²) >= 11 is 3.58. The van der Waals surface area contributed by atoms with Crippen molar-refractivity contribution >= 4 is 21.6 Å². The van der Waals surface area contributed by atoms with Crippen LogP contribution in [0, 0.1) is 17.8 Å². The quantitative estimate of drug-likeness (QED) is 0.870. The molecule has 2 aliphatic rings. The van der Waals surface area contributed by atoms with Gasteiger partial charge in [0, 0.05) is 16.7 Å². The van der Waals surface area contributed by atoms with Crippen molar-refractivity contribution in [1.82, 2.24) is 0 Å². The Hall–Kier alpha value is -0.500. The molecule has 0 saturated heterocycles. The Labute approximate surface area is 106 Å². The lowest BCUT2D eigenvalue weighted by Gasteiger charge is -2.22. The molecule has 0 aromatic heterocycles. The fourth-order valence-electron chi connectivity index (χ4n) is 3.47. The molecule has 2 saturated carbocycles. The van der Waals surface area contributed by atoms with Crippen molar-refractivity contribution in [1.29, 1.82) is 0 Å². The van der Waals surface area contributed by atoms with Gasteiger partial charge in [-0.3, -0.25) is 0 Å². The second-order valence-electron chi connectivity index (χ2n) is 5.30. The van der Waals surface area contributed by atoms with E-state index in [1.165, 1.54) is 35.8 Å². The van der Waals surface area contributed by atoms with E-state index in [0.29, 0.717) is 0 Å². The first-order valence-electron chi connectivity index (χ1n) is 6.31. The van der Waals surface area contributed by atoms with Crippen LogP contribution in [0.5, 0.6) is 0 Å². The van der Waals surface area contributed by atoms with Crippen LogP contribution in [-0.4, -0.2) is 6.54 Å². The molecule has 1 aromatic rings. The molecule has 2 aliphatic carbocycles. The van der Waals surface area contributed by atoms with Crippen molar-refractivity contribution in [2.75, 3.05) is 11.9 Å². The number of hydrogen-bond donors (Lipinski definition) is 1. The van der Waals surface area contributed by atoms with E-state index in [1.54, 1.807) is 0 Å². The zero-order chi connectivity index (χ0) is 11.0. The normalized spacial score (nSPS) is 31.9. The molecular weight excluding hydrogens is 262 g/mol. The van der Waals surface area contributed by atoms with Crippen molar-refractivity contribution in [2.45, 2.75) is 25.7 Å². The third kappa shape index (κ3) is 2.00. The largest absolute Gasteiger partial charge is 0.384 e. The van der Waals surface area contributed by atoms with Crippen molar-refractivity contribution in [2.24, 2.45) is 17.8 Å². The third-order valence-corrected chi connectivity index (χ3v) is 5.00. The molecule has 3 rings (SSSR count).